The molecule has 1 aliphatic heterocycles. The Bertz CT molecular complexity index is 466. The van der Waals surface area contributed by atoms with Gasteiger partial charge in [0.1, 0.15) is 11.9 Å². The van der Waals surface area contributed by atoms with Crippen LogP contribution in [0.1, 0.15) is 37.7 Å². The van der Waals surface area contributed by atoms with Gasteiger partial charge in [0, 0.05) is 12.2 Å². The molecule has 1 aromatic rings. The van der Waals surface area contributed by atoms with Crippen molar-refractivity contribution in [3.05, 3.63) is 23.3 Å². The highest BCUT2D eigenvalue weighted by Crippen LogP contribution is 2.20. The summed E-state index contributed by atoms with van der Waals surface area (Å²) < 4.78 is 5.37. The number of aromatic nitrogens is 2. The molecule has 0 aromatic carbocycles. The molecule has 1 amide bonds. The van der Waals surface area contributed by atoms with E-state index in [0.717, 1.165) is 23.4 Å². The summed E-state index contributed by atoms with van der Waals surface area (Å²) in [5.41, 5.74) is 2.64. The Morgan fingerprint density at radius 2 is 2.11 bits per heavy atom. The van der Waals surface area contributed by atoms with E-state index < -0.39 is 5.60 Å². The molecule has 2 heterocycles. The van der Waals surface area contributed by atoms with Crippen LogP contribution in [-0.4, -0.2) is 33.1 Å². The van der Waals surface area contributed by atoms with Crippen molar-refractivity contribution < 1.29 is 9.53 Å². The van der Waals surface area contributed by atoms with Gasteiger partial charge < -0.3 is 9.64 Å². The fourth-order valence-corrected chi connectivity index (χ4v) is 2.00. The zero-order valence-corrected chi connectivity index (χ0v) is 11.4. The highest BCUT2D eigenvalue weighted by Gasteiger charge is 2.26. The van der Waals surface area contributed by atoms with Gasteiger partial charge in [0.2, 0.25) is 0 Å². The predicted molar refractivity (Wildman–Crippen MR) is 67.1 cm³/mol. The molecule has 0 saturated heterocycles. The minimum atomic E-state index is -0.459. The topological polar surface area (TPSA) is 55.3 Å². The second kappa shape index (κ2) is 4.55. The van der Waals surface area contributed by atoms with Crippen LogP contribution in [-0.2, 0) is 17.7 Å². The van der Waals surface area contributed by atoms with Crippen LogP contribution in [0.25, 0.3) is 0 Å². The van der Waals surface area contributed by atoms with Gasteiger partial charge in [0.25, 0.3) is 0 Å². The fourth-order valence-electron chi connectivity index (χ4n) is 2.00. The molecule has 98 valence electrons. The van der Waals surface area contributed by atoms with Crippen molar-refractivity contribution in [3.8, 4) is 0 Å². The molecular formula is C13H19N3O2. The van der Waals surface area contributed by atoms with Crippen molar-refractivity contribution in [1.29, 1.82) is 0 Å². The summed E-state index contributed by atoms with van der Waals surface area (Å²) in [5.74, 6) is 0. The number of aryl methyl sites for hydroxylation is 1. The minimum Gasteiger partial charge on any atom is -0.444 e. The third kappa shape index (κ3) is 2.78. The molecule has 5 heteroatoms. The van der Waals surface area contributed by atoms with E-state index in [0.29, 0.717) is 13.1 Å². The van der Waals surface area contributed by atoms with Gasteiger partial charge in [0.15, 0.2) is 0 Å². The van der Waals surface area contributed by atoms with Crippen molar-refractivity contribution in [2.24, 2.45) is 0 Å². The van der Waals surface area contributed by atoms with Gasteiger partial charge in [0.05, 0.1) is 12.2 Å². The molecule has 0 aliphatic carbocycles. The quantitative estimate of drug-likeness (QED) is 0.706. The normalized spacial score (nSPS) is 15.2. The third-order valence-electron chi connectivity index (χ3n) is 2.87. The van der Waals surface area contributed by atoms with Gasteiger partial charge in [-0.2, -0.15) is 0 Å². The van der Waals surface area contributed by atoms with Crippen LogP contribution in [0.2, 0.25) is 0 Å². The lowest BCUT2D eigenvalue weighted by atomic mass is 10.0. The average molecular weight is 249 g/mol. The molecule has 0 spiro atoms. The first-order chi connectivity index (χ1) is 8.37. The Morgan fingerprint density at radius 3 is 2.78 bits per heavy atom. The van der Waals surface area contributed by atoms with E-state index in [1.807, 2.05) is 27.7 Å². The van der Waals surface area contributed by atoms with Crippen molar-refractivity contribution in [2.45, 2.75) is 46.3 Å². The Hall–Kier alpha value is -1.65. The fraction of sp³-hybridized carbons (Fsp3) is 0.615. The van der Waals surface area contributed by atoms with Crippen molar-refractivity contribution >= 4 is 6.09 Å². The first-order valence-corrected chi connectivity index (χ1v) is 6.14. The predicted octanol–water partition coefficient (Wildman–Crippen LogP) is 2.08. The summed E-state index contributed by atoms with van der Waals surface area (Å²) >= 11 is 0. The largest absolute Gasteiger partial charge is 0.444 e. The molecule has 0 atom stereocenters. The Morgan fingerprint density at radius 1 is 1.39 bits per heavy atom. The molecule has 0 unspecified atom stereocenters. The van der Waals surface area contributed by atoms with Crippen molar-refractivity contribution in [2.75, 3.05) is 6.54 Å². The van der Waals surface area contributed by atoms with Crippen molar-refractivity contribution in [3.63, 3.8) is 0 Å². The van der Waals surface area contributed by atoms with Gasteiger partial charge in [-0.05, 0) is 39.7 Å². The second-order valence-corrected chi connectivity index (χ2v) is 5.54. The molecule has 1 aromatic heterocycles. The van der Waals surface area contributed by atoms with Crippen LogP contribution >= 0.6 is 0 Å². The number of carbonyl (C=O) groups is 1. The van der Waals surface area contributed by atoms with Gasteiger partial charge in [-0.15, -0.1) is 0 Å². The van der Waals surface area contributed by atoms with E-state index >= 15 is 0 Å². The SMILES string of the molecule is Cc1ncnc2c1CCN(C(=O)OC(C)(C)C)C2. The molecule has 1 aliphatic rings. The molecule has 0 bridgehead atoms. The molecule has 5 nitrogen and oxygen atoms in total. The molecule has 0 fully saturated rings. The zero-order valence-electron chi connectivity index (χ0n) is 11.4. The summed E-state index contributed by atoms with van der Waals surface area (Å²) in [6.45, 7) is 8.76. The van der Waals surface area contributed by atoms with E-state index in [1.165, 1.54) is 0 Å². The molecule has 0 radical (unpaired) electrons. The smallest absolute Gasteiger partial charge is 0.410 e. The van der Waals surface area contributed by atoms with Crippen LogP contribution in [0.4, 0.5) is 4.79 Å². The van der Waals surface area contributed by atoms with E-state index in [2.05, 4.69) is 9.97 Å². The minimum absolute atomic E-state index is 0.274. The van der Waals surface area contributed by atoms with Gasteiger partial charge in [-0.1, -0.05) is 0 Å². The van der Waals surface area contributed by atoms with Crippen LogP contribution < -0.4 is 0 Å². The lowest BCUT2D eigenvalue weighted by molar-refractivity contribution is 0.0220. The second-order valence-electron chi connectivity index (χ2n) is 5.54. The van der Waals surface area contributed by atoms with Crippen LogP contribution in [0.3, 0.4) is 0 Å². The van der Waals surface area contributed by atoms with Crippen LogP contribution in [0.15, 0.2) is 6.33 Å². The lowest BCUT2D eigenvalue weighted by Crippen LogP contribution is -2.40. The number of amides is 1. The van der Waals surface area contributed by atoms with Crippen LogP contribution in [0, 0.1) is 6.92 Å². The first-order valence-electron chi connectivity index (χ1n) is 6.14. The third-order valence-corrected chi connectivity index (χ3v) is 2.87. The first kappa shape index (κ1) is 12.8. The zero-order chi connectivity index (χ0) is 13.3. The monoisotopic (exact) mass is 249 g/mol. The van der Waals surface area contributed by atoms with Crippen molar-refractivity contribution in [1.82, 2.24) is 14.9 Å². The summed E-state index contributed by atoms with van der Waals surface area (Å²) in [6.07, 6.45) is 2.07. The average Bonchev–Trinajstić information content (AvgIpc) is 2.26. The van der Waals surface area contributed by atoms with Gasteiger partial charge in [-0.25, -0.2) is 14.8 Å². The number of hydrogen-bond donors (Lipinski definition) is 0. The maximum absolute atomic E-state index is 12.0. The van der Waals surface area contributed by atoms with Crippen LogP contribution in [0.5, 0.6) is 0 Å². The number of rotatable bonds is 0. The number of ether oxygens (including phenoxy) is 1. The number of fused-ring (bicyclic) bond motifs is 1. The van der Waals surface area contributed by atoms with E-state index in [1.54, 1.807) is 11.2 Å². The number of nitrogens with zero attached hydrogens (tertiary/aromatic N) is 3. The van der Waals surface area contributed by atoms with E-state index in [4.69, 9.17) is 4.74 Å². The Balaban J connectivity index is 2.11. The molecule has 0 saturated carbocycles. The molecular weight excluding hydrogens is 230 g/mol. The molecule has 0 N–H and O–H groups in total. The number of hydrogen-bond acceptors (Lipinski definition) is 4. The van der Waals surface area contributed by atoms with E-state index in [9.17, 15) is 4.79 Å². The van der Waals surface area contributed by atoms with Gasteiger partial charge in [-0.3, -0.25) is 0 Å². The lowest BCUT2D eigenvalue weighted by Gasteiger charge is -2.30. The maximum atomic E-state index is 12.0. The highest BCUT2D eigenvalue weighted by molar-refractivity contribution is 5.68. The maximum Gasteiger partial charge on any atom is 0.410 e. The van der Waals surface area contributed by atoms with Gasteiger partial charge >= 0.3 is 6.09 Å². The number of carbonyl (C=O) groups excluding carboxylic acids is 1. The summed E-state index contributed by atoms with van der Waals surface area (Å²) in [7, 11) is 0. The molecule has 2 rings (SSSR count). The Kier molecular flexibility index (Phi) is 3.24. The Labute approximate surface area is 107 Å². The summed E-state index contributed by atoms with van der Waals surface area (Å²) in [6, 6.07) is 0. The molecule has 18 heavy (non-hydrogen) atoms. The standard InChI is InChI=1S/C13H19N3O2/c1-9-10-5-6-16(7-11(10)15-8-14-9)12(17)18-13(2,3)4/h8H,5-7H2,1-4H3. The summed E-state index contributed by atoms with van der Waals surface area (Å²) in [4.78, 5) is 22.1. The van der Waals surface area contributed by atoms with E-state index in [-0.39, 0.29) is 6.09 Å². The summed E-state index contributed by atoms with van der Waals surface area (Å²) in [5, 5.41) is 0. The highest BCUT2D eigenvalue weighted by atomic mass is 16.6.